The smallest absolute Gasteiger partial charge is 0.103 e. The largest absolute Gasteiger partial charge is 0.349 e. The molecule has 82 valence electrons. The van der Waals surface area contributed by atoms with E-state index < -0.39 is 0 Å². The van der Waals surface area contributed by atoms with Gasteiger partial charge in [-0.1, -0.05) is 18.6 Å². The van der Waals surface area contributed by atoms with Crippen molar-refractivity contribution in [1.82, 2.24) is 25.4 Å². The molecule has 0 radical (unpaired) electrons. The molecule has 0 aliphatic heterocycles. The van der Waals surface area contributed by atoms with Crippen molar-refractivity contribution in [2.24, 2.45) is 0 Å². The van der Waals surface area contributed by atoms with Crippen LogP contribution in [0.2, 0.25) is 0 Å². The molecule has 2 aromatic rings. The molecule has 0 bridgehead atoms. The quantitative estimate of drug-likeness (QED) is 0.807. The third-order valence-corrected chi connectivity index (χ3v) is 1.88. The van der Waals surface area contributed by atoms with E-state index in [2.05, 4.69) is 32.3 Å². The van der Waals surface area contributed by atoms with E-state index >= 15 is 0 Å². The summed E-state index contributed by atoms with van der Waals surface area (Å²) in [5.41, 5.74) is 1.19. The monoisotopic (exact) mass is 207 g/mol. The first-order chi connectivity index (χ1) is 7.33. The summed E-state index contributed by atoms with van der Waals surface area (Å²) in [5.74, 6) is 1.02. The first kappa shape index (κ1) is 11.4. The highest BCUT2D eigenvalue weighted by Gasteiger charge is 1.94. The second-order valence-corrected chi connectivity index (χ2v) is 3.24. The number of aromatic amines is 2. The molecule has 5 nitrogen and oxygen atoms in total. The van der Waals surface area contributed by atoms with Crippen molar-refractivity contribution in [1.29, 1.82) is 0 Å². The van der Waals surface area contributed by atoms with Crippen LogP contribution in [-0.4, -0.2) is 25.4 Å². The Morgan fingerprint density at radius 3 is 2.67 bits per heavy atom. The Balaban J connectivity index is 0.000000187. The van der Waals surface area contributed by atoms with Crippen LogP contribution in [-0.2, 0) is 6.42 Å². The maximum absolute atomic E-state index is 4.29. The Bertz CT molecular complexity index is 321. The molecule has 0 saturated carbocycles. The molecule has 0 unspecified atom stereocenters. The molecule has 0 spiro atoms. The van der Waals surface area contributed by atoms with E-state index in [1.165, 1.54) is 18.5 Å². The van der Waals surface area contributed by atoms with Crippen molar-refractivity contribution in [2.45, 2.75) is 33.1 Å². The highest BCUT2D eigenvalue weighted by molar-refractivity contribution is 4.99. The van der Waals surface area contributed by atoms with E-state index in [9.17, 15) is 0 Å². The molecule has 2 aromatic heterocycles. The Hall–Kier alpha value is -1.65. The predicted octanol–water partition coefficient (Wildman–Crippen LogP) is 1.87. The fraction of sp³-hybridized carbons (Fsp3) is 0.500. The maximum Gasteiger partial charge on any atom is 0.103 e. The van der Waals surface area contributed by atoms with Gasteiger partial charge in [0.25, 0.3) is 0 Å². The van der Waals surface area contributed by atoms with Gasteiger partial charge in [-0.3, -0.25) is 5.10 Å². The molecule has 0 atom stereocenters. The zero-order valence-electron chi connectivity index (χ0n) is 9.20. The van der Waals surface area contributed by atoms with Gasteiger partial charge in [-0.05, 0) is 19.8 Å². The molecule has 0 amide bonds. The number of H-pyrrole nitrogens is 2. The van der Waals surface area contributed by atoms with Crippen molar-refractivity contribution in [3.63, 3.8) is 0 Å². The molecule has 0 aromatic carbocycles. The summed E-state index contributed by atoms with van der Waals surface area (Å²) < 4.78 is 0. The van der Waals surface area contributed by atoms with Crippen LogP contribution in [0.5, 0.6) is 0 Å². The van der Waals surface area contributed by atoms with Crippen LogP contribution in [0.15, 0.2) is 18.6 Å². The van der Waals surface area contributed by atoms with E-state index in [0.29, 0.717) is 0 Å². The second-order valence-electron chi connectivity index (χ2n) is 3.24. The number of hydrogen-bond donors (Lipinski definition) is 2. The standard InChI is InChI=1S/C8H14N2.C2H3N3/c1-3-4-5-8-6-9-7(2)10-8;1-2-4-5-3-1/h6H,3-5H2,1-2H3,(H,9,10);1-2H,(H,3,4,5). The molecule has 2 rings (SSSR count). The summed E-state index contributed by atoms with van der Waals surface area (Å²) in [5, 5.41) is 9.26. The molecule has 15 heavy (non-hydrogen) atoms. The summed E-state index contributed by atoms with van der Waals surface area (Å²) in [4.78, 5) is 7.36. The fourth-order valence-electron chi connectivity index (χ4n) is 1.12. The minimum absolute atomic E-state index is 1.02. The van der Waals surface area contributed by atoms with Gasteiger partial charge in [0.1, 0.15) is 5.82 Å². The average molecular weight is 207 g/mol. The Morgan fingerprint density at radius 2 is 2.27 bits per heavy atom. The van der Waals surface area contributed by atoms with Crippen molar-refractivity contribution in [3.8, 4) is 0 Å². The number of imidazole rings is 1. The summed E-state index contributed by atoms with van der Waals surface area (Å²) in [6, 6.07) is 0. The van der Waals surface area contributed by atoms with Crippen LogP contribution in [0.1, 0.15) is 31.3 Å². The third kappa shape index (κ3) is 4.95. The maximum atomic E-state index is 4.29. The van der Waals surface area contributed by atoms with Gasteiger partial charge in [-0.2, -0.15) is 0 Å². The number of unbranched alkanes of at least 4 members (excludes halogenated alkanes) is 1. The zero-order valence-corrected chi connectivity index (χ0v) is 9.20. The van der Waals surface area contributed by atoms with E-state index in [1.54, 1.807) is 12.4 Å². The number of aryl methyl sites for hydroxylation is 2. The van der Waals surface area contributed by atoms with Gasteiger partial charge in [-0.15, -0.1) is 5.10 Å². The second kappa shape index (κ2) is 6.75. The van der Waals surface area contributed by atoms with Gasteiger partial charge in [0, 0.05) is 12.4 Å². The Morgan fingerprint density at radius 1 is 1.40 bits per heavy atom. The van der Waals surface area contributed by atoms with Crippen LogP contribution in [0.3, 0.4) is 0 Å². The first-order valence-corrected chi connectivity index (χ1v) is 5.14. The molecule has 5 heteroatoms. The van der Waals surface area contributed by atoms with Gasteiger partial charge < -0.3 is 4.98 Å². The van der Waals surface area contributed by atoms with Crippen LogP contribution < -0.4 is 0 Å². The topological polar surface area (TPSA) is 70.2 Å². The highest BCUT2D eigenvalue weighted by atomic mass is 15.3. The lowest BCUT2D eigenvalue weighted by molar-refractivity contribution is 0.779. The van der Waals surface area contributed by atoms with Crippen LogP contribution in [0.4, 0.5) is 0 Å². The molecule has 2 heterocycles. The van der Waals surface area contributed by atoms with Gasteiger partial charge in [0.15, 0.2) is 0 Å². The lowest BCUT2D eigenvalue weighted by atomic mass is 10.2. The number of nitrogens with one attached hydrogen (secondary N) is 2. The number of hydrogen-bond acceptors (Lipinski definition) is 3. The van der Waals surface area contributed by atoms with Crippen LogP contribution in [0, 0.1) is 6.92 Å². The first-order valence-electron chi connectivity index (χ1n) is 5.14. The van der Waals surface area contributed by atoms with Gasteiger partial charge >= 0.3 is 0 Å². The highest BCUT2D eigenvalue weighted by Crippen LogP contribution is 2.01. The minimum atomic E-state index is 1.02. The lowest BCUT2D eigenvalue weighted by Gasteiger charge is -1.89. The zero-order chi connectivity index (χ0) is 10.9. The molecule has 0 aliphatic carbocycles. The molecule has 2 N–H and O–H groups in total. The SMILES string of the molecule is CCCCc1c[nH]c(C)n1.c1c[nH]nn1. The van der Waals surface area contributed by atoms with Gasteiger partial charge in [0.05, 0.1) is 11.9 Å². The van der Waals surface area contributed by atoms with E-state index in [-0.39, 0.29) is 0 Å². The van der Waals surface area contributed by atoms with Crippen molar-refractivity contribution >= 4 is 0 Å². The molecular weight excluding hydrogens is 190 g/mol. The lowest BCUT2D eigenvalue weighted by Crippen LogP contribution is -1.83. The minimum Gasteiger partial charge on any atom is -0.349 e. The Labute approximate surface area is 89.3 Å². The summed E-state index contributed by atoms with van der Waals surface area (Å²) in [7, 11) is 0. The van der Waals surface area contributed by atoms with Crippen LogP contribution in [0.25, 0.3) is 0 Å². The van der Waals surface area contributed by atoms with Crippen molar-refractivity contribution in [2.75, 3.05) is 0 Å². The molecule has 0 fully saturated rings. The van der Waals surface area contributed by atoms with E-state index in [1.807, 2.05) is 13.1 Å². The number of nitrogens with zero attached hydrogens (tertiary/aromatic N) is 3. The summed E-state index contributed by atoms with van der Waals surface area (Å²) in [6.45, 7) is 4.18. The molecular formula is C10H17N5. The van der Waals surface area contributed by atoms with Gasteiger partial charge in [0.2, 0.25) is 0 Å². The summed E-state index contributed by atoms with van der Waals surface area (Å²) >= 11 is 0. The van der Waals surface area contributed by atoms with Gasteiger partial charge in [-0.25, -0.2) is 4.98 Å². The third-order valence-electron chi connectivity index (χ3n) is 1.88. The average Bonchev–Trinajstić information content (AvgIpc) is 2.88. The Kier molecular flexibility index (Phi) is 5.14. The van der Waals surface area contributed by atoms with E-state index in [0.717, 1.165) is 12.2 Å². The normalized spacial score (nSPS) is 9.47. The van der Waals surface area contributed by atoms with Crippen molar-refractivity contribution < 1.29 is 0 Å². The van der Waals surface area contributed by atoms with Crippen molar-refractivity contribution in [3.05, 3.63) is 30.1 Å². The molecule has 0 saturated heterocycles. The predicted molar refractivity (Wildman–Crippen MR) is 58.3 cm³/mol. The molecule has 0 aliphatic rings. The van der Waals surface area contributed by atoms with Crippen LogP contribution >= 0.6 is 0 Å². The summed E-state index contributed by atoms with van der Waals surface area (Å²) in [6.07, 6.45) is 8.82. The fourth-order valence-corrected chi connectivity index (χ4v) is 1.12. The number of aromatic nitrogens is 5. The number of rotatable bonds is 3. The van der Waals surface area contributed by atoms with E-state index in [4.69, 9.17) is 0 Å².